The van der Waals surface area contributed by atoms with E-state index in [-0.39, 0.29) is 16.8 Å². The fraction of sp³-hybridized carbons (Fsp3) is 0.222. The first-order chi connectivity index (χ1) is 12.3. The highest BCUT2D eigenvalue weighted by molar-refractivity contribution is 5.99. The average Bonchev–Trinajstić information content (AvgIpc) is 2.65. The zero-order valence-corrected chi connectivity index (χ0v) is 14.7. The van der Waals surface area contributed by atoms with Crippen LogP contribution in [-0.2, 0) is 4.74 Å². The normalized spacial score (nSPS) is 10.1. The van der Waals surface area contributed by atoms with E-state index in [4.69, 9.17) is 0 Å². The molecule has 0 saturated carbocycles. The predicted molar refractivity (Wildman–Crippen MR) is 96.1 cm³/mol. The van der Waals surface area contributed by atoms with E-state index in [9.17, 15) is 19.7 Å². The molecule has 0 aliphatic heterocycles. The monoisotopic (exact) mass is 357 g/mol. The van der Waals surface area contributed by atoms with Crippen LogP contribution in [0, 0.1) is 17.0 Å². The summed E-state index contributed by atoms with van der Waals surface area (Å²) in [5, 5.41) is 12.7. The zero-order chi connectivity index (χ0) is 19.3. The van der Waals surface area contributed by atoms with Crippen LogP contribution < -0.4 is 10.4 Å². The first-order valence-corrected chi connectivity index (χ1v) is 7.88. The minimum absolute atomic E-state index is 0.00911. The molecule has 0 heterocycles. The van der Waals surface area contributed by atoms with E-state index < -0.39 is 16.8 Å². The van der Waals surface area contributed by atoms with Crippen molar-refractivity contribution in [3.63, 3.8) is 0 Å². The van der Waals surface area contributed by atoms with Gasteiger partial charge in [-0.25, -0.2) is 4.79 Å². The minimum atomic E-state index is -0.756. The maximum Gasteiger partial charge on any atom is 0.338 e. The molecular formula is C18H19N3O5. The van der Waals surface area contributed by atoms with Crippen LogP contribution >= 0.6 is 0 Å². The second kappa shape index (κ2) is 8.11. The van der Waals surface area contributed by atoms with Crippen molar-refractivity contribution in [1.82, 2.24) is 5.43 Å². The molecule has 1 N–H and O–H groups in total. The Morgan fingerprint density at radius 3 is 2.31 bits per heavy atom. The third-order valence-corrected chi connectivity index (χ3v) is 3.71. The van der Waals surface area contributed by atoms with Crippen molar-refractivity contribution in [3.8, 4) is 0 Å². The Hall–Kier alpha value is -3.42. The van der Waals surface area contributed by atoms with Crippen molar-refractivity contribution >= 4 is 23.3 Å². The topological polar surface area (TPSA) is 102 Å². The van der Waals surface area contributed by atoms with E-state index in [1.54, 1.807) is 5.01 Å². The Bertz CT molecular complexity index is 833. The molecular weight excluding hydrogens is 338 g/mol. The van der Waals surface area contributed by atoms with Crippen molar-refractivity contribution in [2.24, 2.45) is 0 Å². The molecule has 0 aromatic heterocycles. The lowest BCUT2D eigenvalue weighted by atomic mass is 10.1. The second-order valence-electron chi connectivity index (χ2n) is 5.54. The van der Waals surface area contributed by atoms with Gasteiger partial charge < -0.3 is 4.74 Å². The number of nitro groups is 1. The number of carbonyl (C=O) groups is 2. The molecule has 0 spiro atoms. The van der Waals surface area contributed by atoms with Crippen molar-refractivity contribution in [3.05, 3.63) is 69.3 Å². The Labute approximate surface area is 150 Å². The fourth-order valence-corrected chi connectivity index (χ4v) is 2.32. The van der Waals surface area contributed by atoms with E-state index in [0.717, 1.165) is 30.5 Å². The summed E-state index contributed by atoms with van der Waals surface area (Å²) >= 11 is 0. The Morgan fingerprint density at radius 2 is 1.77 bits per heavy atom. The molecule has 0 aliphatic rings. The minimum Gasteiger partial charge on any atom is -0.465 e. The van der Waals surface area contributed by atoms with Crippen LogP contribution in [-0.4, -0.2) is 30.5 Å². The van der Waals surface area contributed by atoms with E-state index >= 15 is 0 Å². The summed E-state index contributed by atoms with van der Waals surface area (Å²) in [5.74, 6) is -1.32. The number of non-ortho nitro benzene ring substituents is 1. The first kappa shape index (κ1) is 18.9. The Balaban J connectivity index is 2.32. The van der Waals surface area contributed by atoms with Crippen LogP contribution in [0.3, 0.4) is 0 Å². The number of esters is 1. The highest BCUT2D eigenvalue weighted by Gasteiger charge is 2.19. The quantitative estimate of drug-likeness (QED) is 0.484. The second-order valence-corrected chi connectivity index (χ2v) is 5.54. The van der Waals surface area contributed by atoms with Crippen molar-refractivity contribution < 1.29 is 19.2 Å². The largest absolute Gasteiger partial charge is 0.465 e. The lowest BCUT2D eigenvalue weighted by Gasteiger charge is -2.24. The summed E-state index contributed by atoms with van der Waals surface area (Å²) in [7, 11) is 1.16. The third-order valence-electron chi connectivity index (χ3n) is 3.71. The number of hydrogen-bond donors (Lipinski definition) is 1. The molecule has 0 fully saturated rings. The van der Waals surface area contributed by atoms with Crippen LogP contribution in [0.25, 0.3) is 0 Å². The molecule has 0 atom stereocenters. The number of hydrogen-bond acceptors (Lipinski definition) is 6. The average molecular weight is 357 g/mol. The van der Waals surface area contributed by atoms with Crippen molar-refractivity contribution in [2.45, 2.75) is 13.8 Å². The number of amides is 1. The first-order valence-electron chi connectivity index (χ1n) is 7.88. The maximum atomic E-state index is 12.6. The smallest absolute Gasteiger partial charge is 0.338 e. The van der Waals surface area contributed by atoms with E-state index in [1.807, 2.05) is 38.1 Å². The SMILES string of the molecule is CCN(NC(=O)c1cc(C(=O)OC)cc([N+](=O)[O-])c1)c1ccc(C)cc1. The number of ether oxygens (including phenoxy) is 1. The van der Waals surface area contributed by atoms with Crippen LogP contribution in [0.2, 0.25) is 0 Å². The number of nitro benzene ring substituents is 1. The number of hydrazine groups is 1. The summed E-state index contributed by atoms with van der Waals surface area (Å²) in [5.41, 5.74) is 4.10. The molecule has 2 aromatic rings. The van der Waals surface area contributed by atoms with Gasteiger partial charge in [0.05, 0.1) is 23.3 Å². The molecule has 0 aliphatic carbocycles. The van der Waals surface area contributed by atoms with Crippen LogP contribution in [0.1, 0.15) is 33.2 Å². The van der Waals surface area contributed by atoms with E-state index in [1.165, 1.54) is 6.07 Å². The summed E-state index contributed by atoms with van der Waals surface area (Å²) in [6.45, 7) is 4.29. The molecule has 26 heavy (non-hydrogen) atoms. The van der Waals surface area contributed by atoms with Crippen LogP contribution in [0.4, 0.5) is 11.4 Å². The lowest BCUT2D eigenvalue weighted by molar-refractivity contribution is -0.384. The molecule has 2 aromatic carbocycles. The van der Waals surface area contributed by atoms with Gasteiger partial charge in [-0.3, -0.25) is 25.3 Å². The Morgan fingerprint density at radius 1 is 1.15 bits per heavy atom. The Kier molecular flexibility index (Phi) is 5.90. The number of nitrogens with one attached hydrogen (secondary N) is 1. The van der Waals surface area contributed by atoms with Gasteiger partial charge in [0.2, 0.25) is 0 Å². The van der Waals surface area contributed by atoms with Crippen LogP contribution in [0.15, 0.2) is 42.5 Å². The highest BCUT2D eigenvalue weighted by atomic mass is 16.6. The van der Waals surface area contributed by atoms with E-state index in [0.29, 0.717) is 6.54 Å². The maximum absolute atomic E-state index is 12.6. The number of rotatable bonds is 6. The van der Waals surface area contributed by atoms with Crippen molar-refractivity contribution in [2.75, 3.05) is 18.7 Å². The molecule has 0 radical (unpaired) electrons. The van der Waals surface area contributed by atoms with Gasteiger partial charge in [-0.05, 0) is 32.0 Å². The summed E-state index contributed by atoms with van der Waals surface area (Å²) in [6, 6.07) is 11.0. The molecule has 136 valence electrons. The molecule has 0 bridgehead atoms. The van der Waals surface area contributed by atoms with Crippen molar-refractivity contribution in [1.29, 1.82) is 0 Å². The molecule has 8 heteroatoms. The summed E-state index contributed by atoms with van der Waals surface area (Å²) in [4.78, 5) is 34.7. The number of methoxy groups -OCH3 is 1. The van der Waals surface area contributed by atoms with Gasteiger partial charge in [0.15, 0.2) is 0 Å². The number of nitrogens with zero attached hydrogens (tertiary/aromatic N) is 2. The lowest BCUT2D eigenvalue weighted by Crippen LogP contribution is -2.42. The van der Waals surface area contributed by atoms with E-state index in [2.05, 4.69) is 10.2 Å². The third kappa shape index (κ3) is 4.35. The van der Waals surface area contributed by atoms with Gasteiger partial charge in [0.25, 0.3) is 11.6 Å². The highest BCUT2D eigenvalue weighted by Crippen LogP contribution is 2.19. The summed E-state index contributed by atoms with van der Waals surface area (Å²) in [6.07, 6.45) is 0. The molecule has 0 unspecified atom stereocenters. The van der Waals surface area contributed by atoms with Gasteiger partial charge >= 0.3 is 5.97 Å². The number of aryl methyl sites for hydroxylation is 1. The van der Waals surface area contributed by atoms with Gasteiger partial charge in [0, 0.05) is 24.2 Å². The molecule has 2 rings (SSSR count). The molecule has 0 saturated heterocycles. The van der Waals surface area contributed by atoms with Gasteiger partial charge in [0.1, 0.15) is 0 Å². The standard InChI is InChI=1S/C18H19N3O5/c1-4-20(15-7-5-12(2)6-8-15)19-17(22)13-9-14(18(23)26-3)11-16(10-13)21(24)25/h5-11H,4H2,1-3H3,(H,19,22). The zero-order valence-electron chi connectivity index (χ0n) is 14.7. The molecule has 8 nitrogen and oxygen atoms in total. The van der Waals surface area contributed by atoms with Gasteiger partial charge in [-0.15, -0.1) is 0 Å². The van der Waals surface area contributed by atoms with Gasteiger partial charge in [-0.1, -0.05) is 17.7 Å². The number of anilines is 1. The fourth-order valence-electron chi connectivity index (χ4n) is 2.32. The number of carbonyl (C=O) groups excluding carboxylic acids is 2. The summed E-state index contributed by atoms with van der Waals surface area (Å²) < 4.78 is 4.58. The predicted octanol–water partition coefficient (Wildman–Crippen LogP) is 2.86. The van der Waals surface area contributed by atoms with Gasteiger partial charge in [-0.2, -0.15) is 0 Å². The number of benzene rings is 2. The van der Waals surface area contributed by atoms with Crippen LogP contribution in [0.5, 0.6) is 0 Å². The molecule has 1 amide bonds.